The summed E-state index contributed by atoms with van der Waals surface area (Å²) in [6, 6.07) is 10.4. The first-order valence-corrected chi connectivity index (χ1v) is 10.5. The fraction of sp³-hybridized carbons (Fsp3) is 0.348. The molecule has 0 unspecified atom stereocenters. The van der Waals surface area contributed by atoms with E-state index in [-0.39, 0.29) is 36.0 Å². The Balaban J connectivity index is 1.37. The molecule has 1 spiro atoms. The molecule has 0 saturated carbocycles. The fourth-order valence-electron chi connectivity index (χ4n) is 4.38. The zero-order valence-corrected chi connectivity index (χ0v) is 17.7. The van der Waals surface area contributed by atoms with Crippen molar-refractivity contribution in [2.45, 2.75) is 31.3 Å². The third-order valence-electron chi connectivity index (χ3n) is 6.25. The van der Waals surface area contributed by atoms with Crippen molar-refractivity contribution in [2.75, 3.05) is 25.3 Å². The Morgan fingerprint density at radius 3 is 2.56 bits per heavy atom. The van der Waals surface area contributed by atoms with Crippen LogP contribution in [0.2, 0.25) is 0 Å². The van der Waals surface area contributed by atoms with Crippen LogP contribution in [0.1, 0.15) is 45.5 Å². The van der Waals surface area contributed by atoms with Crippen molar-refractivity contribution < 1.29 is 23.3 Å². The number of nitrogens with zero attached hydrogens (tertiary/aromatic N) is 2. The molecule has 2 aromatic rings. The van der Waals surface area contributed by atoms with Gasteiger partial charge in [-0.25, -0.2) is 14.3 Å². The lowest BCUT2D eigenvalue weighted by molar-refractivity contribution is 0.0805. The Kier molecular flexibility index (Phi) is 5.82. The van der Waals surface area contributed by atoms with Crippen molar-refractivity contribution >= 4 is 23.4 Å². The van der Waals surface area contributed by atoms with Gasteiger partial charge < -0.3 is 15.5 Å². The second-order valence-electron chi connectivity index (χ2n) is 8.16. The topological polar surface area (TPSA) is 81.8 Å². The molecule has 0 bridgehead atoms. The van der Waals surface area contributed by atoms with E-state index < -0.39 is 17.3 Å². The van der Waals surface area contributed by atoms with Gasteiger partial charge in [-0.3, -0.25) is 9.59 Å². The minimum Gasteiger partial charge on any atom is -0.355 e. The van der Waals surface area contributed by atoms with Gasteiger partial charge in [0, 0.05) is 38.7 Å². The average molecular weight is 442 g/mol. The summed E-state index contributed by atoms with van der Waals surface area (Å²) in [5.74, 6) is -1.27. The van der Waals surface area contributed by atoms with Crippen molar-refractivity contribution in [1.29, 1.82) is 0 Å². The van der Waals surface area contributed by atoms with Gasteiger partial charge in [-0.1, -0.05) is 22.7 Å². The monoisotopic (exact) mass is 442 g/mol. The molecule has 1 fully saturated rings. The number of nitrogens with one attached hydrogen (secondary N) is 2. The number of urea groups is 1. The van der Waals surface area contributed by atoms with Gasteiger partial charge in [-0.2, -0.15) is 0 Å². The van der Waals surface area contributed by atoms with Crippen LogP contribution < -0.4 is 15.8 Å². The van der Waals surface area contributed by atoms with Gasteiger partial charge in [-0.05, 0) is 42.7 Å². The predicted molar refractivity (Wildman–Crippen MR) is 115 cm³/mol. The molecular formula is C23H24F2N4O3. The summed E-state index contributed by atoms with van der Waals surface area (Å²) in [7, 11) is 1.41. The van der Waals surface area contributed by atoms with Gasteiger partial charge in [0.05, 0.1) is 16.8 Å². The highest BCUT2D eigenvalue weighted by molar-refractivity contribution is 6.04. The standard InChI is InChI=1S/C23H24F2N4O3/c1-26-21(31)17-12-15(6-7-18(17)24)14-27-22(32)28-10-8-23(9-11-28)13-20(30)16-4-2-3-5-19(16)29(23)25/h2-7,12H,8-11,13-14H2,1H3,(H,26,31)(H,27,32). The lowest BCUT2D eigenvalue weighted by Gasteiger charge is -2.47. The molecule has 4 rings (SSSR count). The van der Waals surface area contributed by atoms with Gasteiger partial charge in [0.1, 0.15) is 5.82 Å². The molecule has 2 aromatic carbocycles. The van der Waals surface area contributed by atoms with Crippen molar-refractivity contribution in [3.63, 3.8) is 0 Å². The Morgan fingerprint density at radius 2 is 1.84 bits per heavy atom. The minimum atomic E-state index is -0.943. The molecule has 0 aliphatic carbocycles. The van der Waals surface area contributed by atoms with Crippen LogP contribution in [0, 0.1) is 5.82 Å². The number of benzene rings is 2. The highest BCUT2D eigenvalue weighted by Crippen LogP contribution is 2.43. The molecule has 0 aromatic heterocycles. The van der Waals surface area contributed by atoms with E-state index in [1.807, 2.05) is 0 Å². The summed E-state index contributed by atoms with van der Waals surface area (Å²) in [6.07, 6.45) is 0.733. The van der Waals surface area contributed by atoms with E-state index in [4.69, 9.17) is 0 Å². The van der Waals surface area contributed by atoms with Crippen LogP contribution in [0.4, 0.5) is 19.4 Å². The number of rotatable bonds is 3. The Labute approximate surface area is 184 Å². The summed E-state index contributed by atoms with van der Waals surface area (Å²) in [5, 5.41) is 5.84. The van der Waals surface area contributed by atoms with Crippen LogP contribution in [-0.2, 0) is 6.54 Å². The third kappa shape index (κ3) is 3.90. The normalized spacial score (nSPS) is 17.2. The first kappa shape index (κ1) is 21.7. The van der Waals surface area contributed by atoms with Crippen molar-refractivity contribution in [3.05, 3.63) is 65.0 Å². The summed E-state index contributed by atoms with van der Waals surface area (Å²) in [5.41, 5.74) is 0.212. The largest absolute Gasteiger partial charge is 0.355 e. The average Bonchev–Trinajstić information content (AvgIpc) is 2.82. The molecule has 168 valence electrons. The smallest absolute Gasteiger partial charge is 0.317 e. The minimum absolute atomic E-state index is 0.0772. The molecular weight excluding hydrogens is 418 g/mol. The molecule has 0 radical (unpaired) electrons. The molecule has 3 amide bonds. The summed E-state index contributed by atoms with van der Waals surface area (Å²) < 4.78 is 29.1. The van der Waals surface area contributed by atoms with Gasteiger partial charge in [0.25, 0.3) is 5.91 Å². The van der Waals surface area contributed by atoms with Crippen LogP contribution in [0.25, 0.3) is 0 Å². The van der Waals surface area contributed by atoms with E-state index in [1.54, 1.807) is 29.2 Å². The highest BCUT2D eigenvalue weighted by atomic mass is 19.2. The summed E-state index contributed by atoms with van der Waals surface area (Å²) >= 11 is 0. The van der Waals surface area contributed by atoms with Crippen molar-refractivity contribution in [1.82, 2.24) is 15.5 Å². The van der Waals surface area contributed by atoms with Crippen molar-refractivity contribution in [3.8, 4) is 0 Å². The zero-order chi connectivity index (χ0) is 22.9. The maximum Gasteiger partial charge on any atom is 0.317 e. The van der Waals surface area contributed by atoms with E-state index in [1.165, 1.54) is 25.2 Å². The second kappa shape index (κ2) is 8.57. The number of fused-ring (bicyclic) bond motifs is 1. The number of hydrogen-bond acceptors (Lipinski definition) is 4. The number of hydrogen-bond donors (Lipinski definition) is 2. The first-order chi connectivity index (χ1) is 15.3. The van der Waals surface area contributed by atoms with Crippen LogP contribution in [0.15, 0.2) is 42.5 Å². The second-order valence-corrected chi connectivity index (χ2v) is 8.16. The molecule has 2 aliphatic heterocycles. The number of halogens is 2. The molecule has 0 atom stereocenters. The van der Waals surface area contributed by atoms with Crippen LogP contribution in [0.3, 0.4) is 0 Å². The van der Waals surface area contributed by atoms with Crippen molar-refractivity contribution in [2.24, 2.45) is 0 Å². The molecule has 1 saturated heterocycles. The first-order valence-electron chi connectivity index (χ1n) is 10.5. The van der Waals surface area contributed by atoms with Crippen LogP contribution >= 0.6 is 0 Å². The van der Waals surface area contributed by atoms with Gasteiger partial charge in [0.2, 0.25) is 0 Å². The Hall–Kier alpha value is -3.49. The maximum absolute atomic E-state index is 15.3. The van der Waals surface area contributed by atoms with E-state index in [0.29, 0.717) is 42.2 Å². The lowest BCUT2D eigenvalue weighted by atomic mass is 9.78. The number of carbonyl (C=O) groups is 3. The Morgan fingerprint density at radius 1 is 1.12 bits per heavy atom. The fourth-order valence-corrected chi connectivity index (χ4v) is 4.38. The van der Waals surface area contributed by atoms with Crippen LogP contribution in [-0.4, -0.2) is 48.3 Å². The lowest BCUT2D eigenvalue weighted by Crippen LogP contribution is -2.57. The summed E-state index contributed by atoms with van der Waals surface area (Å²) in [6.45, 7) is 0.717. The zero-order valence-electron chi connectivity index (χ0n) is 17.7. The molecule has 32 heavy (non-hydrogen) atoms. The number of carbonyl (C=O) groups excluding carboxylic acids is 3. The number of ketones is 1. The molecule has 2 N–H and O–H groups in total. The van der Waals surface area contributed by atoms with Crippen LogP contribution in [0.5, 0.6) is 0 Å². The number of piperidine rings is 1. The molecule has 2 aliphatic rings. The van der Waals surface area contributed by atoms with E-state index in [0.717, 1.165) is 0 Å². The number of para-hydroxylation sites is 1. The number of anilines is 1. The summed E-state index contributed by atoms with van der Waals surface area (Å²) in [4.78, 5) is 38.5. The molecule has 9 heteroatoms. The highest BCUT2D eigenvalue weighted by Gasteiger charge is 2.47. The van der Waals surface area contributed by atoms with Gasteiger partial charge in [-0.15, -0.1) is 0 Å². The van der Waals surface area contributed by atoms with E-state index in [2.05, 4.69) is 10.6 Å². The van der Waals surface area contributed by atoms with Gasteiger partial charge in [0.15, 0.2) is 5.78 Å². The maximum atomic E-state index is 15.3. The Bertz CT molecular complexity index is 1070. The molecule has 7 nitrogen and oxygen atoms in total. The SMILES string of the molecule is CNC(=O)c1cc(CNC(=O)N2CCC3(CC2)CC(=O)c2ccccc2N3F)ccc1F. The number of amides is 3. The predicted octanol–water partition coefficient (Wildman–Crippen LogP) is 3.21. The number of Topliss-reactive ketones (excluding diaryl/α,β-unsaturated/α-hetero) is 1. The van der Waals surface area contributed by atoms with E-state index >= 15 is 4.48 Å². The number of likely N-dealkylation sites (tertiary alicyclic amines) is 1. The van der Waals surface area contributed by atoms with E-state index in [9.17, 15) is 18.8 Å². The quantitative estimate of drug-likeness (QED) is 0.716. The third-order valence-corrected chi connectivity index (χ3v) is 6.25. The van der Waals surface area contributed by atoms with Gasteiger partial charge >= 0.3 is 6.03 Å². The molecule has 2 heterocycles.